The third-order valence-electron chi connectivity index (χ3n) is 2.67. The number of anilines is 1. The first-order chi connectivity index (χ1) is 6.75. The third kappa shape index (κ3) is 0.999. The second kappa shape index (κ2) is 2.47. The molecule has 0 spiro atoms. The van der Waals surface area contributed by atoms with Crippen LogP contribution in [0.1, 0.15) is 30.3 Å². The van der Waals surface area contributed by atoms with Crippen LogP contribution in [0.25, 0.3) is 11.0 Å². The van der Waals surface area contributed by atoms with Crippen LogP contribution in [-0.2, 0) is 0 Å². The Labute approximate surface area is 81.6 Å². The normalized spacial score (nSPS) is 16.4. The number of nitrogens with zero attached hydrogens (tertiary/aromatic N) is 2. The predicted molar refractivity (Wildman–Crippen MR) is 55.0 cm³/mol. The Hall–Kier alpha value is -1.58. The van der Waals surface area contributed by atoms with E-state index in [0.717, 1.165) is 28.2 Å². The molecule has 0 aliphatic heterocycles. The molecule has 2 aromatic rings. The fraction of sp³-hybridized carbons (Fsp3) is 0.400. The lowest BCUT2D eigenvalue weighted by Crippen LogP contribution is -1.96. The van der Waals surface area contributed by atoms with Crippen molar-refractivity contribution in [2.45, 2.75) is 25.7 Å². The predicted octanol–water partition coefficient (Wildman–Crippen LogP) is 1.73. The highest BCUT2D eigenvalue weighted by Gasteiger charge is 2.28. The standard InChI is InChI=1S/C10H12N4/c1-5-13-9(6-2-3-6)8-7(11)4-12-10(8)14-5/h4,6H,2-3,11H2,1H3,(H,12,13,14). The fourth-order valence-electron chi connectivity index (χ4n) is 1.85. The van der Waals surface area contributed by atoms with Crippen molar-refractivity contribution in [3.05, 3.63) is 17.7 Å². The van der Waals surface area contributed by atoms with E-state index in [1.807, 2.05) is 6.92 Å². The number of aromatic nitrogens is 3. The number of aromatic amines is 1. The Balaban J connectivity index is 2.37. The Bertz CT molecular complexity index is 496. The summed E-state index contributed by atoms with van der Waals surface area (Å²) in [4.78, 5) is 11.9. The van der Waals surface area contributed by atoms with Crippen molar-refractivity contribution in [3.63, 3.8) is 0 Å². The summed E-state index contributed by atoms with van der Waals surface area (Å²) < 4.78 is 0. The van der Waals surface area contributed by atoms with Crippen molar-refractivity contribution in [1.82, 2.24) is 15.0 Å². The molecule has 0 amide bonds. The minimum atomic E-state index is 0.609. The van der Waals surface area contributed by atoms with E-state index in [2.05, 4.69) is 15.0 Å². The van der Waals surface area contributed by atoms with Crippen molar-refractivity contribution >= 4 is 16.7 Å². The highest BCUT2D eigenvalue weighted by molar-refractivity contribution is 5.91. The molecule has 0 unspecified atom stereocenters. The molecule has 0 aromatic carbocycles. The van der Waals surface area contributed by atoms with E-state index in [1.54, 1.807) is 6.20 Å². The van der Waals surface area contributed by atoms with Gasteiger partial charge in [0.05, 0.1) is 16.8 Å². The summed E-state index contributed by atoms with van der Waals surface area (Å²) in [6.07, 6.45) is 4.26. The zero-order valence-electron chi connectivity index (χ0n) is 8.04. The molecule has 1 aliphatic carbocycles. The molecule has 0 bridgehead atoms. The zero-order valence-corrected chi connectivity index (χ0v) is 8.04. The van der Waals surface area contributed by atoms with E-state index in [1.165, 1.54) is 12.8 Å². The molecule has 1 aliphatic rings. The maximum atomic E-state index is 5.88. The van der Waals surface area contributed by atoms with Gasteiger partial charge in [0.2, 0.25) is 0 Å². The summed E-state index contributed by atoms with van der Waals surface area (Å²) in [6.45, 7) is 1.92. The highest BCUT2D eigenvalue weighted by Crippen LogP contribution is 2.42. The summed E-state index contributed by atoms with van der Waals surface area (Å²) in [5.74, 6) is 1.43. The molecule has 72 valence electrons. The Morgan fingerprint density at radius 3 is 2.93 bits per heavy atom. The molecule has 2 heterocycles. The van der Waals surface area contributed by atoms with E-state index in [4.69, 9.17) is 5.73 Å². The fourth-order valence-corrected chi connectivity index (χ4v) is 1.85. The van der Waals surface area contributed by atoms with Crippen LogP contribution in [0, 0.1) is 6.92 Å². The van der Waals surface area contributed by atoms with Gasteiger partial charge in [-0.3, -0.25) is 0 Å². The van der Waals surface area contributed by atoms with Crippen molar-refractivity contribution in [2.24, 2.45) is 0 Å². The van der Waals surface area contributed by atoms with E-state index in [-0.39, 0.29) is 0 Å². The smallest absolute Gasteiger partial charge is 0.143 e. The highest BCUT2D eigenvalue weighted by atomic mass is 15.0. The molecule has 4 nitrogen and oxygen atoms in total. The molecule has 1 fully saturated rings. The van der Waals surface area contributed by atoms with Crippen LogP contribution in [-0.4, -0.2) is 15.0 Å². The molecule has 1 saturated carbocycles. The number of nitrogens with one attached hydrogen (secondary N) is 1. The van der Waals surface area contributed by atoms with Crippen molar-refractivity contribution in [2.75, 3.05) is 5.73 Å². The van der Waals surface area contributed by atoms with Crippen LogP contribution in [0.5, 0.6) is 0 Å². The largest absolute Gasteiger partial charge is 0.397 e. The zero-order chi connectivity index (χ0) is 9.71. The third-order valence-corrected chi connectivity index (χ3v) is 2.67. The SMILES string of the molecule is Cc1nc(C2CC2)c2c(N)c[nH]c2n1. The van der Waals surface area contributed by atoms with Gasteiger partial charge in [-0.2, -0.15) is 0 Å². The minimum Gasteiger partial charge on any atom is -0.397 e. The number of nitrogen functional groups attached to an aromatic ring is 1. The van der Waals surface area contributed by atoms with Crippen molar-refractivity contribution < 1.29 is 0 Å². The number of rotatable bonds is 1. The summed E-state index contributed by atoms with van der Waals surface area (Å²) >= 11 is 0. The number of aryl methyl sites for hydroxylation is 1. The van der Waals surface area contributed by atoms with Gasteiger partial charge in [-0.05, 0) is 19.8 Å². The summed E-state index contributed by atoms with van der Waals surface area (Å²) in [6, 6.07) is 0. The van der Waals surface area contributed by atoms with Crippen LogP contribution < -0.4 is 5.73 Å². The van der Waals surface area contributed by atoms with Gasteiger partial charge in [0.1, 0.15) is 11.5 Å². The van der Waals surface area contributed by atoms with E-state index < -0.39 is 0 Å². The van der Waals surface area contributed by atoms with Crippen LogP contribution in [0.15, 0.2) is 6.20 Å². The average Bonchev–Trinajstić information content (AvgIpc) is 2.92. The van der Waals surface area contributed by atoms with Crippen LogP contribution >= 0.6 is 0 Å². The lowest BCUT2D eigenvalue weighted by Gasteiger charge is -2.02. The van der Waals surface area contributed by atoms with Gasteiger partial charge in [-0.15, -0.1) is 0 Å². The number of hydrogen-bond donors (Lipinski definition) is 2. The average molecular weight is 188 g/mol. The molecule has 3 N–H and O–H groups in total. The molecule has 0 radical (unpaired) electrons. The van der Waals surface area contributed by atoms with E-state index in [9.17, 15) is 0 Å². The molecular weight excluding hydrogens is 176 g/mol. The maximum absolute atomic E-state index is 5.88. The van der Waals surface area contributed by atoms with Gasteiger partial charge in [0, 0.05) is 12.1 Å². The second-order valence-electron chi connectivity index (χ2n) is 3.90. The lowest BCUT2D eigenvalue weighted by atomic mass is 10.2. The Morgan fingerprint density at radius 2 is 2.21 bits per heavy atom. The Morgan fingerprint density at radius 1 is 1.43 bits per heavy atom. The van der Waals surface area contributed by atoms with Gasteiger partial charge in [-0.25, -0.2) is 9.97 Å². The summed E-state index contributed by atoms with van der Waals surface area (Å²) in [5, 5.41) is 1.03. The minimum absolute atomic E-state index is 0.609. The molecular formula is C10H12N4. The first kappa shape index (κ1) is 7.79. The Kier molecular flexibility index (Phi) is 1.37. The van der Waals surface area contributed by atoms with Crippen molar-refractivity contribution in [3.8, 4) is 0 Å². The lowest BCUT2D eigenvalue weighted by molar-refractivity contribution is 0.970. The van der Waals surface area contributed by atoms with Gasteiger partial charge in [0.15, 0.2) is 0 Å². The van der Waals surface area contributed by atoms with Crippen LogP contribution in [0.2, 0.25) is 0 Å². The van der Waals surface area contributed by atoms with Crippen LogP contribution in [0.4, 0.5) is 5.69 Å². The first-order valence-electron chi connectivity index (χ1n) is 4.87. The number of hydrogen-bond acceptors (Lipinski definition) is 3. The second-order valence-corrected chi connectivity index (χ2v) is 3.90. The monoisotopic (exact) mass is 188 g/mol. The molecule has 14 heavy (non-hydrogen) atoms. The van der Waals surface area contributed by atoms with Gasteiger partial charge in [0.25, 0.3) is 0 Å². The van der Waals surface area contributed by atoms with E-state index in [0.29, 0.717) is 5.92 Å². The summed E-state index contributed by atoms with van der Waals surface area (Å²) in [7, 11) is 0. The number of H-pyrrole nitrogens is 1. The number of nitrogens with two attached hydrogens (primary N) is 1. The maximum Gasteiger partial charge on any atom is 0.143 e. The molecule has 4 heteroatoms. The van der Waals surface area contributed by atoms with Crippen LogP contribution in [0.3, 0.4) is 0 Å². The molecule has 2 aromatic heterocycles. The molecule has 0 atom stereocenters. The topological polar surface area (TPSA) is 67.6 Å². The summed E-state index contributed by atoms with van der Waals surface area (Å²) in [5.41, 5.74) is 8.65. The van der Waals surface area contributed by atoms with Crippen molar-refractivity contribution in [1.29, 1.82) is 0 Å². The van der Waals surface area contributed by atoms with Gasteiger partial charge in [-0.1, -0.05) is 0 Å². The van der Waals surface area contributed by atoms with Gasteiger partial charge >= 0.3 is 0 Å². The van der Waals surface area contributed by atoms with Gasteiger partial charge < -0.3 is 10.7 Å². The quantitative estimate of drug-likeness (QED) is 0.716. The molecule has 3 rings (SSSR count). The van der Waals surface area contributed by atoms with E-state index >= 15 is 0 Å². The molecule has 0 saturated heterocycles. The number of fused-ring (bicyclic) bond motifs is 1. The first-order valence-corrected chi connectivity index (χ1v) is 4.87.